The molecule has 4 nitrogen and oxygen atoms in total. The molecule has 0 bridgehead atoms. The van der Waals surface area contributed by atoms with Crippen molar-refractivity contribution in [1.29, 1.82) is 10.5 Å². The molecule has 0 saturated carbocycles. The maximum absolute atomic E-state index is 9.29. The van der Waals surface area contributed by atoms with Crippen LogP contribution in [0.5, 0.6) is 0 Å². The van der Waals surface area contributed by atoms with Crippen LogP contribution in [0, 0.1) is 28.1 Å². The SMILES string of the molecule is C=CCC(C#N)(C#N)Cc1ncc2c(n1)C(C)(C)CC2. The molecular weight excluding hydrogens is 248 g/mol. The van der Waals surface area contributed by atoms with E-state index in [9.17, 15) is 10.5 Å². The van der Waals surface area contributed by atoms with Gasteiger partial charge in [0.1, 0.15) is 5.82 Å². The van der Waals surface area contributed by atoms with Crippen LogP contribution in [0.4, 0.5) is 0 Å². The van der Waals surface area contributed by atoms with Gasteiger partial charge < -0.3 is 0 Å². The van der Waals surface area contributed by atoms with Gasteiger partial charge in [0.15, 0.2) is 5.41 Å². The standard InChI is InChI=1S/C16H18N4/c1-4-6-16(10-17,11-18)8-13-19-9-12-5-7-15(2,3)14(12)20-13/h4,9H,1,5-8H2,2-3H3. The predicted octanol–water partition coefficient (Wildman–Crippen LogP) is 2.85. The molecule has 1 heterocycles. The highest BCUT2D eigenvalue weighted by Gasteiger charge is 2.34. The third-order valence-corrected chi connectivity index (χ3v) is 3.96. The topological polar surface area (TPSA) is 73.4 Å². The first kappa shape index (κ1) is 14.2. The molecule has 0 saturated heterocycles. The Hall–Kier alpha value is -2.20. The van der Waals surface area contributed by atoms with Crippen molar-refractivity contribution in [2.45, 2.75) is 44.9 Å². The van der Waals surface area contributed by atoms with Gasteiger partial charge in [-0.1, -0.05) is 19.9 Å². The summed E-state index contributed by atoms with van der Waals surface area (Å²) >= 11 is 0. The number of nitrogens with zero attached hydrogens (tertiary/aromatic N) is 4. The first-order valence-corrected chi connectivity index (χ1v) is 6.75. The van der Waals surface area contributed by atoms with Crippen LogP contribution in [-0.2, 0) is 18.3 Å². The number of aryl methyl sites for hydroxylation is 1. The fraction of sp³-hybridized carbons (Fsp3) is 0.500. The first-order valence-electron chi connectivity index (χ1n) is 6.75. The number of hydrogen-bond donors (Lipinski definition) is 0. The summed E-state index contributed by atoms with van der Waals surface area (Å²) in [6, 6.07) is 4.18. The molecule has 1 aromatic rings. The molecule has 2 rings (SSSR count). The zero-order valence-electron chi connectivity index (χ0n) is 12.0. The molecular formula is C16H18N4. The monoisotopic (exact) mass is 266 g/mol. The lowest BCUT2D eigenvalue weighted by Gasteiger charge is -2.19. The quantitative estimate of drug-likeness (QED) is 0.785. The van der Waals surface area contributed by atoms with Crippen molar-refractivity contribution in [1.82, 2.24) is 9.97 Å². The second kappa shape index (κ2) is 5.06. The second-order valence-corrected chi connectivity index (χ2v) is 6.02. The van der Waals surface area contributed by atoms with Gasteiger partial charge in [0.2, 0.25) is 0 Å². The van der Waals surface area contributed by atoms with E-state index >= 15 is 0 Å². The molecule has 4 heteroatoms. The number of fused-ring (bicyclic) bond motifs is 1. The molecule has 0 aliphatic heterocycles. The smallest absolute Gasteiger partial charge is 0.154 e. The highest BCUT2D eigenvalue weighted by Crippen LogP contribution is 2.37. The van der Waals surface area contributed by atoms with E-state index in [1.165, 1.54) is 5.56 Å². The summed E-state index contributed by atoms with van der Waals surface area (Å²) in [4.78, 5) is 8.95. The minimum Gasteiger partial charge on any atom is -0.241 e. The third-order valence-electron chi connectivity index (χ3n) is 3.96. The molecule has 1 aliphatic carbocycles. The van der Waals surface area contributed by atoms with Gasteiger partial charge in [0.25, 0.3) is 0 Å². The number of allylic oxidation sites excluding steroid dienone is 1. The van der Waals surface area contributed by atoms with Crippen molar-refractivity contribution in [3.8, 4) is 12.1 Å². The highest BCUT2D eigenvalue weighted by atomic mass is 14.9. The lowest BCUT2D eigenvalue weighted by atomic mass is 9.84. The summed E-state index contributed by atoms with van der Waals surface area (Å²) in [7, 11) is 0. The van der Waals surface area contributed by atoms with E-state index in [0.29, 0.717) is 12.2 Å². The summed E-state index contributed by atoms with van der Waals surface area (Å²) < 4.78 is 0. The lowest BCUT2D eigenvalue weighted by molar-refractivity contribution is 0.489. The Labute approximate surface area is 119 Å². The summed E-state index contributed by atoms with van der Waals surface area (Å²) in [5.74, 6) is 0.573. The van der Waals surface area contributed by atoms with Gasteiger partial charge in [-0.15, -0.1) is 6.58 Å². The van der Waals surface area contributed by atoms with Crippen LogP contribution in [0.3, 0.4) is 0 Å². The number of rotatable bonds is 4. The van der Waals surface area contributed by atoms with E-state index in [1.807, 2.05) is 6.20 Å². The molecule has 1 aromatic heterocycles. The zero-order chi connectivity index (χ0) is 14.8. The summed E-state index contributed by atoms with van der Waals surface area (Å²) in [6.45, 7) is 7.96. The van der Waals surface area contributed by atoms with Crippen molar-refractivity contribution in [3.63, 3.8) is 0 Å². The summed E-state index contributed by atoms with van der Waals surface area (Å²) in [5.41, 5.74) is 1.18. The zero-order valence-corrected chi connectivity index (χ0v) is 12.0. The van der Waals surface area contributed by atoms with Crippen molar-refractivity contribution in [3.05, 3.63) is 35.9 Å². The van der Waals surface area contributed by atoms with Crippen LogP contribution in [0.25, 0.3) is 0 Å². The predicted molar refractivity (Wildman–Crippen MR) is 75.6 cm³/mol. The Morgan fingerprint density at radius 3 is 2.75 bits per heavy atom. The molecule has 0 atom stereocenters. The van der Waals surface area contributed by atoms with Gasteiger partial charge in [-0.3, -0.25) is 0 Å². The molecule has 0 spiro atoms. The van der Waals surface area contributed by atoms with Crippen molar-refractivity contribution >= 4 is 0 Å². The number of hydrogen-bond acceptors (Lipinski definition) is 4. The molecule has 0 unspecified atom stereocenters. The molecule has 102 valence electrons. The average molecular weight is 266 g/mol. The summed E-state index contributed by atoms with van der Waals surface area (Å²) in [5, 5.41) is 18.6. The van der Waals surface area contributed by atoms with Crippen LogP contribution >= 0.6 is 0 Å². The lowest BCUT2D eigenvalue weighted by Crippen LogP contribution is -2.22. The van der Waals surface area contributed by atoms with Crippen LogP contribution in [0.2, 0.25) is 0 Å². The van der Waals surface area contributed by atoms with E-state index in [1.54, 1.807) is 6.08 Å². The Balaban J connectivity index is 2.35. The van der Waals surface area contributed by atoms with Gasteiger partial charge >= 0.3 is 0 Å². The van der Waals surface area contributed by atoms with Crippen molar-refractivity contribution in [2.24, 2.45) is 5.41 Å². The van der Waals surface area contributed by atoms with Gasteiger partial charge in [-0.05, 0) is 24.8 Å². The number of aromatic nitrogens is 2. The fourth-order valence-electron chi connectivity index (χ4n) is 2.65. The molecule has 0 N–H and O–H groups in total. The van der Waals surface area contributed by atoms with E-state index < -0.39 is 5.41 Å². The fourth-order valence-corrected chi connectivity index (χ4v) is 2.65. The van der Waals surface area contributed by atoms with Crippen LogP contribution in [-0.4, -0.2) is 9.97 Å². The Morgan fingerprint density at radius 1 is 1.45 bits per heavy atom. The minimum atomic E-state index is -1.11. The van der Waals surface area contributed by atoms with Crippen molar-refractivity contribution < 1.29 is 0 Å². The molecule has 1 aliphatic rings. The molecule has 20 heavy (non-hydrogen) atoms. The Morgan fingerprint density at radius 2 is 2.15 bits per heavy atom. The Kier molecular flexibility index (Phi) is 3.59. The third kappa shape index (κ3) is 2.42. The van der Waals surface area contributed by atoms with Gasteiger partial charge in [-0.25, -0.2) is 9.97 Å². The molecule has 0 amide bonds. The first-order chi connectivity index (χ1) is 9.46. The minimum absolute atomic E-state index is 0.0490. The van der Waals surface area contributed by atoms with Crippen LogP contribution < -0.4 is 0 Å². The maximum atomic E-state index is 9.29. The normalized spacial score (nSPS) is 16.0. The molecule has 0 aromatic carbocycles. The highest BCUT2D eigenvalue weighted by molar-refractivity contribution is 5.31. The van der Waals surface area contributed by atoms with Crippen LogP contribution in [0.15, 0.2) is 18.9 Å². The average Bonchev–Trinajstić information content (AvgIpc) is 2.74. The Bertz CT molecular complexity index is 602. The van der Waals surface area contributed by atoms with E-state index in [0.717, 1.165) is 18.5 Å². The summed E-state index contributed by atoms with van der Waals surface area (Å²) in [6.07, 6.45) is 6.08. The van der Waals surface area contributed by atoms with Gasteiger partial charge in [0, 0.05) is 18.0 Å². The van der Waals surface area contributed by atoms with Gasteiger partial charge in [-0.2, -0.15) is 10.5 Å². The van der Waals surface area contributed by atoms with Crippen LogP contribution in [0.1, 0.15) is 43.8 Å². The molecule has 0 fully saturated rings. The molecule has 0 radical (unpaired) electrons. The van der Waals surface area contributed by atoms with E-state index in [2.05, 4.69) is 42.5 Å². The van der Waals surface area contributed by atoms with E-state index in [-0.39, 0.29) is 11.8 Å². The number of nitriles is 2. The largest absolute Gasteiger partial charge is 0.241 e. The van der Waals surface area contributed by atoms with Gasteiger partial charge in [0.05, 0.1) is 17.8 Å². The van der Waals surface area contributed by atoms with Crippen molar-refractivity contribution in [2.75, 3.05) is 0 Å². The maximum Gasteiger partial charge on any atom is 0.154 e. The second-order valence-electron chi connectivity index (χ2n) is 6.02. The van der Waals surface area contributed by atoms with E-state index in [4.69, 9.17) is 0 Å².